The molecule has 0 bridgehead atoms. The number of ether oxygens (including phenoxy) is 1. The van der Waals surface area contributed by atoms with Gasteiger partial charge in [-0.15, -0.1) is 11.3 Å². The summed E-state index contributed by atoms with van der Waals surface area (Å²) in [6, 6.07) is 5.87. The molecule has 0 atom stereocenters. The molecule has 0 amide bonds. The first-order chi connectivity index (χ1) is 8.71. The summed E-state index contributed by atoms with van der Waals surface area (Å²) in [7, 11) is 0. The van der Waals surface area contributed by atoms with Gasteiger partial charge in [0, 0.05) is 9.75 Å². The van der Waals surface area contributed by atoms with E-state index < -0.39 is 5.97 Å². The van der Waals surface area contributed by atoms with Gasteiger partial charge in [-0.05, 0) is 38.0 Å². The van der Waals surface area contributed by atoms with Gasteiger partial charge in [-0.2, -0.15) is 5.26 Å². The Labute approximate surface area is 112 Å². The number of rotatable bonds is 6. The van der Waals surface area contributed by atoms with Crippen molar-refractivity contribution in [3.8, 4) is 6.07 Å². The molecule has 0 aromatic carbocycles. The first-order valence-electron chi connectivity index (χ1n) is 6.08. The second-order valence-corrected chi connectivity index (χ2v) is 5.00. The highest BCUT2D eigenvalue weighted by molar-refractivity contribution is 7.12. The van der Waals surface area contributed by atoms with E-state index in [0.29, 0.717) is 0 Å². The van der Waals surface area contributed by atoms with Gasteiger partial charge in [0.2, 0.25) is 0 Å². The second kappa shape index (κ2) is 7.67. The summed E-state index contributed by atoms with van der Waals surface area (Å²) in [6.07, 6.45) is 4.97. The maximum atomic E-state index is 11.4. The molecule has 0 aliphatic heterocycles. The van der Waals surface area contributed by atoms with Crippen molar-refractivity contribution in [1.29, 1.82) is 5.26 Å². The highest BCUT2D eigenvalue weighted by Gasteiger charge is 2.10. The van der Waals surface area contributed by atoms with E-state index in [4.69, 9.17) is 10.00 Å². The zero-order chi connectivity index (χ0) is 13.4. The number of aryl methyl sites for hydroxylation is 1. The summed E-state index contributed by atoms with van der Waals surface area (Å²) >= 11 is 1.62. The van der Waals surface area contributed by atoms with Gasteiger partial charge >= 0.3 is 5.97 Å². The molecule has 0 spiro atoms. The van der Waals surface area contributed by atoms with Crippen LogP contribution in [0, 0.1) is 11.3 Å². The number of nitriles is 1. The molecule has 0 saturated carbocycles. The maximum Gasteiger partial charge on any atom is 0.348 e. The minimum atomic E-state index is -0.552. The number of carbonyl (C=O) groups excluding carboxylic acids is 1. The summed E-state index contributed by atoms with van der Waals surface area (Å²) in [5.41, 5.74) is 0.0562. The third kappa shape index (κ3) is 4.34. The molecule has 4 heteroatoms. The van der Waals surface area contributed by atoms with Crippen LogP contribution in [0.5, 0.6) is 0 Å². The van der Waals surface area contributed by atoms with Crippen LogP contribution in [-0.4, -0.2) is 12.6 Å². The largest absolute Gasteiger partial charge is 0.462 e. The lowest BCUT2D eigenvalue weighted by atomic mass is 10.2. The van der Waals surface area contributed by atoms with E-state index >= 15 is 0 Å². The molecular weight excluding hydrogens is 246 g/mol. The molecule has 1 heterocycles. The first-order valence-corrected chi connectivity index (χ1v) is 6.90. The number of esters is 1. The molecule has 0 radical (unpaired) electrons. The Morgan fingerprint density at radius 1 is 1.50 bits per heavy atom. The monoisotopic (exact) mass is 263 g/mol. The van der Waals surface area contributed by atoms with E-state index in [1.54, 1.807) is 24.3 Å². The number of carbonyl (C=O) groups is 1. The predicted octanol–water partition coefficient (Wildman–Crippen LogP) is 3.56. The van der Waals surface area contributed by atoms with E-state index in [-0.39, 0.29) is 12.2 Å². The van der Waals surface area contributed by atoms with Crippen molar-refractivity contribution in [3.05, 3.63) is 27.5 Å². The van der Waals surface area contributed by atoms with E-state index in [1.165, 1.54) is 4.88 Å². The van der Waals surface area contributed by atoms with E-state index in [9.17, 15) is 4.79 Å². The summed E-state index contributed by atoms with van der Waals surface area (Å²) < 4.78 is 4.81. The highest BCUT2D eigenvalue weighted by Crippen LogP contribution is 2.21. The molecule has 1 aromatic heterocycles. The van der Waals surface area contributed by atoms with Gasteiger partial charge in [0.15, 0.2) is 0 Å². The molecule has 0 N–H and O–H groups in total. The van der Waals surface area contributed by atoms with Gasteiger partial charge in [-0.25, -0.2) is 4.79 Å². The summed E-state index contributed by atoms with van der Waals surface area (Å²) in [6.45, 7) is 4.16. The molecule has 96 valence electrons. The predicted molar refractivity (Wildman–Crippen MR) is 73.2 cm³/mol. The lowest BCUT2D eigenvalue weighted by molar-refractivity contribution is -0.137. The quantitative estimate of drug-likeness (QED) is 0.448. The number of unbranched alkanes of at least 4 members (excludes halogenated alkanes) is 1. The van der Waals surface area contributed by atoms with Crippen LogP contribution in [0.25, 0.3) is 6.08 Å². The second-order valence-electron chi connectivity index (χ2n) is 3.80. The number of nitrogens with zero attached hydrogens (tertiary/aromatic N) is 1. The zero-order valence-corrected chi connectivity index (χ0v) is 11.5. The number of hydrogen-bond donors (Lipinski definition) is 0. The van der Waals surface area contributed by atoms with Gasteiger partial charge in [-0.3, -0.25) is 0 Å². The fourth-order valence-corrected chi connectivity index (χ4v) is 2.44. The molecule has 1 rings (SSSR count). The third-order valence-electron chi connectivity index (χ3n) is 2.36. The van der Waals surface area contributed by atoms with Gasteiger partial charge < -0.3 is 4.74 Å². The van der Waals surface area contributed by atoms with Crippen molar-refractivity contribution in [1.82, 2.24) is 0 Å². The first kappa shape index (κ1) is 14.5. The van der Waals surface area contributed by atoms with Crippen LogP contribution >= 0.6 is 11.3 Å². The molecule has 0 aliphatic carbocycles. The van der Waals surface area contributed by atoms with Gasteiger partial charge in [-0.1, -0.05) is 13.3 Å². The topological polar surface area (TPSA) is 50.1 Å². The highest BCUT2D eigenvalue weighted by atomic mass is 32.1. The smallest absolute Gasteiger partial charge is 0.348 e. The molecule has 1 aromatic rings. The SMILES string of the molecule is CCCCc1ccc(/C=C(\C#N)C(=O)OCC)s1. The maximum absolute atomic E-state index is 11.4. The van der Waals surface area contributed by atoms with Crippen LogP contribution in [0.2, 0.25) is 0 Å². The standard InChI is InChI=1S/C14H17NO2S/c1-3-5-6-12-7-8-13(18-12)9-11(10-15)14(16)17-4-2/h7-9H,3-6H2,1-2H3/b11-9+. The van der Waals surface area contributed by atoms with Crippen molar-refractivity contribution >= 4 is 23.4 Å². The van der Waals surface area contributed by atoms with E-state index in [2.05, 4.69) is 6.92 Å². The fraction of sp³-hybridized carbons (Fsp3) is 0.429. The average molecular weight is 263 g/mol. The number of thiophene rings is 1. The molecule has 0 aliphatic rings. The Balaban J connectivity index is 2.77. The van der Waals surface area contributed by atoms with Gasteiger partial charge in [0.05, 0.1) is 6.61 Å². The van der Waals surface area contributed by atoms with E-state index in [0.717, 1.165) is 24.1 Å². The van der Waals surface area contributed by atoms with Crippen molar-refractivity contribution in [2.75, 3.05) is 6.61 Å². The molecular formula is C14H17NO2S. The Morgan fingerprint density at radius 2 is 2.28 bits per heavy atom. The molecule has 3 nitrogen and oxygen atoms in total. The molecule has 0 fully saturated rings. The lowest BCUT2D eigenvalue weighted by Crippen LogP contribution is -2.05. The fourth-order valence-electron chi connectivity index (χ4n) is 1.45. The van der Waals surface area contributed by atoms with Crippen LogP contribution in [0.1, 0.15) is 36.4 Å². The third-order valence-corrected chi connectivity index (χ3v) is 3.45. The summed E-state index contributed by atoms with van der Waals surface area (Å²) in [5, 5.41) is 8.92. The Bertz CT molecular complexity index is 468. The summed E-state index contributed by atoms with van der Waals surface area (Å²) in [5.74, 6) is -0.552. The van der Waals surface area contributed by atoms with Crippen LogP contribution < -0.4 is 0 Å². The van der Waals surface area contributed by atoms with E-state index in [1.807, 2.05) is 18.2 Å². The van der Waals surface area contributed by atoms with Crippen molar-refractivity contribution < 1.29 is 9.53 Å². The normalized spacial score (nSPS) is 11.1. The van der Waals surface area contributed by atoms with Crippen molar-refractivity contribution in [3.63, 3.8) is 0 Å². The van der Waals surface area contributed by atoms with Crippen molar-refractivity contribution in [2.45, 2.75) is 33.1 Å². The van der Waals surface area contributed by atoms with Crippen LogP contribution in [-0.2, 0) is 16.0 Å². The zero-order valence-electron chi connectivity index (χ0n) is 10.7. The average Bonchev–Trinajstić information content (AvgIpc) is 2.81. The lowest BCUT2D eigenvalue weighted by Gasteiger charge is -1.98. The van der Waals surface area contributed by atoms with Crippen LogP contribution in [0.4, 0.5) is 0 Å². The Hall–Kier alpha value is -1.60. The molecule has 0 unspecified atom stereocenters. The molecule has 0 saturated heterocycles. The van der Waals surface area contributed by atoms with Crippen LogP contribution in [0.3, 0.4) is 0 Å². The minimum Gasteiger partial charge on any atom is -0.462 e. The van der Waals surface area contributed by atoms with Gasteiger partial charge in [0.25, 0.3) is 0 Å². The Kier molecular flexibility index (Phi) is 6.16. The van der Waals surface area contributed by atoms with Crippen LogP contribution in [0.15, 0.2) is 17.7 Å². The minimum absolute atomic E-state index is 0.0562. The Morgan fingerprint density at radius 3 is 2.89 bits per heavy atom. The van der Waals surface area contributed by atoms with Gasteiger partial charge in [0.1, 0.15) is 11.6 Å². The summed E-state index contributed by atoms with van der Waals surface area (Å²) in [4.78, 5) is 13.7. The van der Waals surface area contributed by atoms with Crippen molar-refractivity contribution in [2.24, 2.45) is 0 Å². The molecule has 18 heavy (non-hydrogen) atoms. The number of hydrogen-bond acceptors (Lipinski definition) is 4.